The Morgan fingerprint density at radius 1 is 1.14 bits per heavy atom. The van der Waals surface area contributed by atoms with Crippen LogP contribution in [-0.4, -0.2) is 33.9 Å². The van der Waals surface area contributed by atoms with Crippen molar-refractivity contribution in [2.45, 2.75) is 73.0 Å². The van der Waals surface area contributed by atoms with Gasteiger partial charge in [-0.1, -0.05) is 38.3 Å². The van der Waals surface area contributed by atoms with Gasteiger partial charge in [-0.3, -0.25) is 0 Å². The minimum absolute atomic E-state index is 0.556. The number of aryl methyl sites for hydroxylation is 2. The Hall–Kier alpha value is -2.57. The maximum atomic E-state index is 6.07. The van der Waals surface area contributed by atoms with Crippen molar-refractivity contribution in [3.05, 3.63) is 41.5 Å². The molecule has 2 rings (SSSR count). The summed E-state index contributed by atoms with van der Waals surface area (Å²) in [5.41, 5.74) is 2.30. The fourth-order valence-corrected chi connectivity index (χ4v) is 2.99. The average Bonchev–Trinajstić information content (AvgIpc) is 3.18. The number of unbranched alkanes of at least 4 members (excludes halogenated alkanes) is 3. The van der Waals surface area contributed by atoms with E-state index in [1.54, 1.807) is 6.33 Å². The fraction of sp³-hybridized carbons (Fsp3) is 0.591. The maximum Gasteiger partial charge on any atom is 0.191 e. The first-order valence-corrected chi connectivity index (χ1v) is 10.8. The summed E-state index contributed by atoms with van der Waals surface area (Å²) in [6.07, 6.45) is 6.55. The van der Waals surface area contributed by atoms with Crippen molar-refractivity contribution in [2.24, 2.45) is 4.99 Å². The summed E-state index contributed by atoms with van der Waals surface area (Å²) in [5.74, 6) is 2.59. The van der Waals surface area contributed by atoms with Crippen molar-refractivity contribution in [2.75, 3.05) is 13.2 Å². The second-order valence-corrected chi connectivity index (χ2v) is 7.10. The molecule has 0 saturated carbocycles. The predicted octanol–water partition coefficient (Wildman–Crippen LogP) is 3.82. The normalized spacial score (nSPS) is 11.5. The largest absolute Gasteiger partial charge is 0.493 e. The fourth-order valence-electron chi connectivity index (χ4n) is 2.99. The molecule has 0 aliphatic heterocycles. The molecule has 0 aliphatic rings. The zero-order chi connectivity index (χ0) is 20.9. The van der Waals surface area contributed by atoms with Gasteiger partial charge in [-0.05, 0) is 38.8 Å². The Labute approximate surface area is 175 Å². The van der Waals surface area contributed by atoms with E-state index in [4.69, 9.17) is 9.73 Å². The Morgan fingerprint density at radius 2 is 2.00 bits per heavy atom. The van der Waals surface area contributed by atoms with Crippen LogP contribution in [-0.2, 0) is 19.6 Å². The first-order valence-electron chi connectivity index (χ1n) is 10.8. The van der Waals surface area contributed by atoms with Crippen LogP contribution in [0.25, 0.3) is 0 Å². The molecule has 7 nitrogen and oxygen atoms in total. The molecule has 1 aromatic carbocycles. The number of nitrogens with zero attached hydrogens (tertiary/aromatic N) is 4. The third kappa shape index (κ3) is 7.75. The standard InChI is InChI=1S/C22H36N6O/c1-5-8-9-10-13-29-20-14-18(4)11-12-19(20)15-24-22(23-6-2)25-16-21-27-26-17-28(21)7-3/h11-12,14,17H,5-10,13,15-16H2,1-4H3,(H2,23,24,25). The summed E-state index contributed by atoms with van der Waals surface area (Å²) in [7, 11) is 0. The van der Waals surface area contributed by atoms with Crippen LogP contribution >= 0.6 is 0 Å². The molecular formula is C22H36N6O. The van der Waals surface area contributed by atoms with Crippen LogP contribution in [0.4, 0.5) is 0 Å². The lowest BCUT2D eigenvalue weighted by Gasteiger charge is -2.14. The van der Waals surface area contributed by atoms with Crippen LogP contribution in [0.1, 0.15) is 63.4 Å². The lowest BCUT2D eigenvalue weighted by molar-refractivity contribution is 0.302. The van der Waals surface area contributed by atoms with Gasteiger partial charge in [-0.15, -0.1) is 10.2 Å². The Bertz CT molecular complexity index is 756. The van der Waals surface area contributed by atoms with Crippen molar-refractivity contribution < 1.29 is 4.74 Å². The molecule has 29 heavy (non-hydrogen) atoms. The third-order valence-corrected chi connectivity index (χ3v) is 4.68. The third-order valence-electron chi connectivity index (χ3n) is 4.68. The Kier molecular flexibility index (Phi) is 10.0. The van der Waals surface area contributed by atoms with E-state index in [9.17, 15) is 0 Å². The van der Waals surface area contributed by atoms with Crippen LogP contribution in [0.2, 0.25) is 0 Å². The second-order valence-electron chi connectivity index (χ2n) is 7.10. The van der Waals surface area contributed by atoms with E-state index in [1.807, 2.05) is 4.57 Å². The summed E-state index contributed by atoms with van der Waals surface area (Å²) >= 11 is 0. The van der Waals surface area contributed by atoms with Crippen molar-refractivity contribution >= 4 is 5.96 Å². The molecule has 0 radical (unpaired) electrons. The molecule has 0 fully saturated rings. The molecule has 7 heteroatoms. The Balaban J connectivity index is 1.99. The maximum absolute atomic E-state index is 6.07. The van der Waals surface area contributed by atoms with Crippen LogP contribution in [0.15, 0.2) is 29.5 Å². The highest BCUT2D eigenvalue weighted by atomic mass is 16.5. The molecule has 0 bridgehead atoms. The minimum Gasteiger partial charge on any atom is -0.493 e. The number of rotatable bonds is 12. The molecule has 0 atom stereocenters. The number of guanidine groups is 1. The number of ether oxygens (including phenoxy) is 1. The van der Waals surface area contributed by atoms with Gasteiger partial charge < -0.3 is 19.9 Å². The SMILES string of the molecule is CCCCCCOc1cc(C)ccc1CN=C(NCC)NCc1nncn1CC. The van der Waals surface area contributed by atoms with E-state index >= 15 is 0 Å². The smallest absolute Gasteiger partial charge is 0.191 e. The number of hydrogen-bond donors (Lipinski definition) is 2. The van der Waals surface area contributed by atoms with E-state index < -0.39 is 0 Å². The number of aromatic nitrogens is 3. The van der Waals surface area contributed by atoms with E-state index in [1.165, 1.54) is 24.8 Å². The quantitative estimate of drug-likeness (QED) is 0.322. The van der Waals surface area contributed by atoms with Crippen molar-refractivity contribution in [3.8, 4) is 5.75 Å². The van der Waals surface area contributed by atoms with Gasteiger partial charge in [0.15, 0.2) is 11.8 Å². The number of benzene rings is 1. The van der Waals surface area contributed by atoms with Gasteiger partial charge in [0.2, 0.25) is 0 Å². The minimum atomic E-state index is 0.556. The molecule has 160 valence electrons. The molecule has 0 spiro atoms. The van der Waals surface area contributed by atoms with E-state index in [2.05, 4.69) is 66.7 Å². The monoisotopic (exact) mass is 400 g/mol. The van der Waals surface area contributed by atoms with Gasteiger partial charge in [-0.2, -0.15) is 0 Å². The molecule has 1 aromatic heterocycles. The highest BCUT2D eigenvalue weighted by Gasteiger charge is 2.07. The lowest BCUT2D eigenvalue weighted by atomic mass is 10.1. The molecular weight excluding hydrogens is 364 g/mol. The second kappa shape index (κ2) is 12.8. The summed E-state index contributed by atoms with van der Waals surface area (Å²) in [4.78, 5) is 4.74. The summed E-state index contributed by atoms with van der Waals surface area (Å²) in [5, 5.41) is 14.8. The number of hydrogen-bond acceptors (Lipinski definition) is 4. The van der Waals surface area contributed by atoms with E-state index in [-0.39, 0.29) is 0 Å². The van der Waals surface area contributed by atoms with Gasteiger partial charge in [0.1, 0.15) is 12.1 Å². The van der Waals surface area contributed by atoms with Gasteiger partial charge in [0.05, 0.1) is 19.7 Å². The van der Waals surface area contributed by atoms with Crippen LogP contribution in [0, 0.1) is 6.92 Å². The number of aliphatic imine (C=N–C) groups is 1. The van der Waals surface area contributed by atoms with E-state index in [0.717, 1.165) is 49.2 Å². The molecule has 0 amide bonds. The highest BCUT2D eigenvalue weighted by molar-refractivity contribution is 5.79. The highest BCUT2D eigenvalue weighted by Crippen LogP contribution is 2.22. The molecule has 2 N–H and O–H groups in total. The van der Waals surface area contributed by atoms with Gasteiger partial charge in [0.25, 0.3) is 0 Å². The van der Waals surface area contributed by atoms with Crippen molar-refractivity contribution in [1.29, 1.82) is 0 Å². The first kappa shape index (κ1) is 22.7. The zero-order valence-electron chi connectivity index (χ0n) is 18.4. The Morgan fingerprint density at radius 3 is 2.76 bits per heavy atom. The van der Waals surface area contributed by atoms with Crippen LogP contribution in [0.3, 0.4) is 0 Å². The zero-order valence-corrected chi connectivity index (χ0v) is 18.4. The van der Waals surface area contributed by atoms with Gasteiger partial charge in [-0.25, -0.2) is 4.99 Å². The summed E-state index contributed by atoms with van der Waals surface area (Å²) in [6.45, 7) is 12.0. The van der Waals surface area contributed by atoms with Crippen molar-refractivity contribution in [3.63, 3.8) is 0 Å². The molecule has 0 saturated heterocycles. The molecule has 2 aromatic rings. The lowest BCUT2D eigenvalue weighted by Crippen LogP contribution is -2.37. The first-order chi connectivity index (χ1) is 14.2. The van der Waals surface area contributed by atoms with Crippen LogP contribution < -0.4 is 15.4 Å². The topological polar surface area (TPSA) is 76.4 Å². The van der Waals surface area contributed by atoms with Crippen molar-refractivity contribution in [1.82, 2.24) is 25.4 Å². The van der Waals surface area contributed by atoms with Crippen LogP contribution in [0.5, 0.6) is 5.75 Å². The average molecular weight is 401 g/mol. The summed E-state index contributed by atoms with van der Waals surface area (Å²) < 4.78 is 8.09. The number of nitrogens with one attached hydrogen (secondary N) is 2. The van der Waals surface area contributed by atoms with Gasteiger partial charge in [0, 0.05) is 18.7 Å². The summed E-state index contributed by atoms with van der Waals surface area (Å²) in [6, 6.07) is 6.32. The predicted molar refractivity (Wildman–Crippen MR) is 118 cm³/mol. The van der Waals surface area contributed by atoms with Gasteiger partial charge >= 0.3 is 0 Å². The molecule has 0 unspecified atom stereocenters. The molecule has 1 heterocycles. The molecule has 0 aliphatic carbocycles. The van der Waals surface area contributed by atoms with E-state index in [0.29, 0.717) is 13.1 Å².